The maximum Gasteiger partial charge on any atom is 0.155 e. The predicted molar refractivity (Wildman–Crippen MR) is 90.3 cm³/mol. The Hall–Kier alpha value is -1.62. The third-order valence-electron chi connectivity index (χ3n) is 4.27. The zero-order chi connectivity index (χ0) is 15.7. The van der Waals surface area contributed by atoms with E-state index in [1.54, 1.807) is 0 Å². The number of likely N-dealkylation sites (N-methyl/N-ethyl adjacent to an activating group) is 1. The Morgan fingerprint density at radius 3 is 2.55 bits per heavy atom. The Bertz CT molecular complexity index is 650. The molecule has 0 aromatic heterocycles. The fourth-order valence-corrected chi connectivity index (χ4v) is 3.01. The molecule has 0 aliphatic carbocycles. The molecule has 118 valence electrons. The maximum absolute atomic E-state index is 5.94. The Balaban J connectivity index is 1.62. The molecular weight excluding hydrogens is 274 g/mol. The van der Waals surface area contributed by atoms with Gasteiger partial charge in [-0.1, -0.05) is 51.1 Å². The first-order valence-corrected chi connectivity index (χ1v) is 7.79. The molecule has 2 aromatic rings. The lowest BCUT2D eigenvalue weighted by atomic mass is 9.87. The minimum Gasteiger partial charge on any atom is -0.477 e. The van der Waals surface area contributed by atoms with E-state index in [4.69, 9.17) is 4.74 Å². The summed E-state index contributed by atoms with van der Waals surface area (Å²) in [5.74, 6) is 0.905. The zero-order valence-corrected chi connectivity index (χ0v) is 13.8. The van der Waals surface area contributed by atoms with E-state index in [9.17, 15) is 0 Å². The van der Waals surface area contributed by atoms with Gasteiger partial charge in [-0.2, -0.15) is 10.5 Å². The van der Waals surface area contributed by atoms with Crippen molar-refractivity contribution in [2.24, 2.45) is 5.41 Å². The minimum absolute atomic E-state index is 0.236. The van der Waals surface area contributed by atoms with Gasteiger partial charge in [0.1, 0.15) is 5.75 Å². The molecular formula is C18H25N3O. The van der Waals surface area contributed by atoms with Crippen LogP contribution >= 0.6 is 0 Å². The second kappa shape index (κ2) is 5.88. The van der Waals surface area contributed by atoms with Crippen molar-refractivity contribution in [3.8, 4) is 5.75 Å². The van der Waals surface area contributed by atoms with Crippen LogP contribution in [-0.2, 0) is 0 Å². The molecule has 4 nitrogen and oxygen atoms in total. The molecule has 1 unspecified atom stereocenters. The van der Waals surface area contributed by atoms with Gasteiger partial charge in [0, 0.05) is 19.6 Å². The molecule has 1 N–H and O–H groups in total. The van der Waals surface area contributed by atoms with Crippen LogP contribution in [0.1, 0.15) is 20.8 Å². The summed E-state index contributed by atoms with van der Waals surface area (Å²) in [4.78, 5) is 0. The number of nitrogens with zero attached hydrogens (tertiary/aromatic N) is 2. The van der Waals surface area contributed by atoms with Gasteiger partial charge in [-0.3, -0.25) is 0 Å². The topological polar surface area (TPSA) is 27.7 Å². The molecule has 0 bridgehead atoms. The van der Waals surface area contributed by atoms with Gasteiger partial charge in [0.05, 0.1) is 0 Å². The van der Waals surface area contributed by atoms with Gasteiger partial charge in [-0.05, 0) is 28.3 Å². The largest absolute Gasteiger partial charge is 0.477 e. The first kappa shape index (κ1) is 15.3. The van der Waals surface area contributed by atoms with Crippen molar-refractivity contribution in [3.63, 3.8) is 0 Å². The van der Waals surface area contributed by atoms with E-state index in [1.165, 1.54) is 10.8 Å². The van der Waals surface area contributed by atoms with Crippen molar-refractivity contribution in [1.82, 2.24) is 15.6 Å². The average Bonchev–Trinajstić information content (AvgIpc) is 2.86. The van der Waals surface area contributed by atoms with Crippen LogP contribution in [0, 0.1) is 5.41 Å². The Morgan fingerprint density at radius 2 is 1.86 bits per heavy atom. The van der Waals surface area contributed by atoms with Crippen LogP contribution in [0.2, 0.25) is 0 Å². The highest BCUT2D eigenvalue weighted by molar-refractivity contribution is 5.83. The molecule has 22 heavy (non-hydrogen) atoms. The van der Waals surface area contributed by atoms with Crippen LogP contribution in [-0.4, -0.2) is 36.4 Å². The molecule has 3 rings (SSSR count). The van der Waals surface area contributed by atoms with Gasteiger partial charge < -0.3 is 4.74 Å². The average molecular weight is 299 g/mol. The second-order valence-electron chi connectivity index (χ2n) is 7.10. The number of nitrogens with one attached hydrogen (secondary N) is 1. The molecule has 0 radical (unpaired) electrons. The van der Waals surface area contributed by atoms with E-state index in [1.807, 2.05) is 6.07 Å². The first-order chi connectivity index (χ1) is 10.4. The number of hydrogen-bond acceptors (Lipinski definition) is 4. The Morgan fingerprint density at radius 1 is 1.14 bits per heavy atom. The molecule has 2 aromatic carbocycles. The van der Waals surface area contributed by atoms with Gasteiger partial charge in [0.25, 0.3) is 0 Å². The summed E-state index contributed by atoms with van der Waals surface area (Å²) >= 11 is 0. The molecule has 1 aliphatic rings. The molecule has 1 saturated heterocycles. The van der Waals surface area contributed by atoms with Crippen LogP contribution in [0.15, 0.2) is 42.5 Å². The normalized spacial score (nSPS) is 20.6. The van der Waals surface area contributed by atoms with Gasteiger partial charge in [0.15, 0.2) is 6.73 Å². The third-order valence-corrected chi connectivity index (χ3v) is 4.27. The van der Waals surface area contributed by atoms with Crippen molar-refractivity contribution in [1.29, 1.82) is 0 Å². The molecule has 0 amide bonds. The quantitative estimate of drug-likeness (QED) is 0.941. The van der Waals surface area contributed by atoms with Crippen molar-refractivity contribution in [2.75, 3.05) is 20.3 Å². The van der Waals surface area contributed by atoms with Crippen LogP contribution in [0.3, 0.4) is 0 Å². The van der Waals surface area contributed by atoms with Crippen LogP contribution in [0.25, 0.3) is 10.8 Å². The van der Waals surface area contributed by atoms with E-state index in [-0.39, 0.29) is 5.41 Å². The molecule has 1 fully saturated rings. The molecule has 1 atom stereocenters. The van der Waals surface area contributed by atoms with Gasteiger partial charge in [0.2, 0.25) is 0 Å². The molecule has 1 aliphatic heterocycles. The summed E-state index contributed by atoms with van der Waals surface area (Å²) < 4.78 is 5.94. The Labute approximate surface area is 132 Å². The number of fused-ring (bicyclic) bond motifs is 1. The number of rotatable bonds is 3. The minimum atomic E-state index is 0.236. The van der Waals surface area contributed by atoms with E-state index in [2.05, 4.69) is 79.8 Å². The monoisotopic (exact) mass is 299 g/mol. The molecule has 1 heterocycles. The summed E-state index contributed by atoms with van der Waals surface area (Å²) in [6, 6.07) is 15.0. The predicted octanol–water partition coefficient (Wildman–Crippen LogP) is 3.26. The molecule has 4 heteroatoms. The van der Waals surface area contributed by atoms with Crippen molar-refractivity contribution >= 4 is 10.8 Å². The third kappa shape index (κ3) is 3.24. The lowest BCUT2D eigenvalue weighted by molar-refractivity contribution is 0.0532. The summed E-state index contributed by atoms with van der Waals surface area (Å²) in [5, 5.41) is 6.73. The number of hydrogen-bond donors (Lipinski definition) is 1. The lowest BCUT2D eigenvalue weighted by Crippen LogP contribution is -2.43. The summed E-state index contributed by atoms with van der Waals surface area (Å²) in [7, 11) is 2.09. The second-order valence-corrected chi connectivity index (χ2v) is 7.10. The SMILES string of the molecule is CN1NN(COc2ccc3ccccc3c2)CC1C(C)(C)C. The smallest absolute Gasteiger partial charge is 0.155 e. The van der Waals surface area contributed by atoms with Crippen LogP contribution in [0.4, 0.5) is 0 Å². The van der Waals surface area contributed by atoms with Crippen molar-refractivity contribution in [2.45, 2.75) is 26.8 Å². The van der Waals surface area contributed by atoms with Gasteiger partial charge in [-0.15, -0.1) is 0 Å². The first-order valence-electron chi connectivity index (χ1n) is 7.79. The van der Waals surface area contributed by atoms with Crippen molar-refractivity contribution < 1.29 is 4.74 Å². The highest BCUT2D eigenvalue weighted by Crippen LogP contribution is 2.26. The van der Waals surface area contributed by atoms with Crippen molar-refractivity contribution in [3.05, 3.63) is 42.5 Å². The van der Waals surface area contributed by atoms with E-state index in [0.717, 1.165) is 12.3 Å². The van der Waals surface area contributed by atoms with E-state index >= 15 is 0 Å². The number of ether oxygens (including phenoxy) is 1. The number of benzene rings is 2. The van der Waals surface area contributed by atoms with Gasteiger partial charge >= 0.3 is 0 Å². The summed E-state index contributed by atoms with van der Waals surface area (Å²) in [6.45, 7) is 8.29. The van der Waals surface area contributed by atoms with Crippen LogP contribution < -0.4 is 10.3 Å². The standard InChI is InChI=1S/C18H25N3O/c1-18(2,3)17-12-21(19-20(17)4)13-22-16-10-9-14-7-5-6-8-15(14)11-16/h5-11,17,19H,12-13H2,1-4H3. The highest BCUT2D eigenvalue weighted by atomic mass is 16.5. The van der Waals surface area contributed by atoms with Gasteiger partial charge in [-0.25, -0.2) is 5.01 Å². The fourth-order valence-electron chi connectivity index (χ4n) is 3.01. The fraction of sp³-hybridized carbons (Fsp3) is 0.444. The Kier molecular flexibility index (Phi) is 4.08. The zero-order valence-electron chi connectivity index (χ0n) is 13.8. The molecule has 0 saturated carbocycles. The van der Waals surface area contributed by atoms with E-state index in [0.29, 0.717) is 12.8 Å². The maximum atomic E-state index is 5.94. The molecule has 0 spiro atoms. The van der Waals surface area contributed by atoms with Crippen LogP contribution in [0.5, 0.6) is 5.75 Å². The number of hydrazine groups is 2. The van der Waals surface area contributed by atoms with E-state index < -0.39 is 0 Å². The summed E-state index contributed by atoms with van der Waals surface area (Å²) in [5.41, 5.74) is 3.60. The highest BCUT2D eigenvalue weighted by Gasteiger charge is 2.36. The lowest BCUT2D eigenvalue weighted by Gasteiger charge is -2.30. The summed E-state index contributed by atoms with van der Waals surface area (Å²) in [6.07, 6.45) is 0.